The highest BCUT2D eigenvalue weighted by Crippen LogP contribution is 2.38. The third-order valence-electron chi connectivity index (χ3n) is 4.50. The fourth-order valence-corrected chi connectivity index (χ4v) is 4.51. The lowest BCUT2D eigenvalue weighted by Crippen LogP contribution is -2.37. The van der Waals surface area contributed by atoms with Crippen LogP contribution in [0.5, 0.6) is 0 Å². The maximum absolute atomic E-state index is 4.51. The van der Waals surface area contributed by atoms with Crippen molar-refractivity contribution in [3.05, 3.63) is 16.8 Å². The summed E-state index contributed by atoms with van der Waals surface area (Å²) < 4.78 is 0. The second kappa shape index (κ2) is 6.28. The fourth-order valence-electron chi connectivity index (χ4n) is 3.28. The van der Waals surface area contributed by atoms with Gasteiger partial charge in [0.15, 0.2) is 0 Å². The van der Waals surface area contributed by atoms with E-state index in [0.717, 1.165) is 30.3 Å². The van der Waals surface area contributed by atoms with Gasteiger partial charge in [0.2, 0.25) is 0 Å². The zero-order chi connectivity index (χ0) is 14.8. The van der Waals surface area contributed by atoms with Crippen molar-refractivity contribution < 1.29 is 0 Å². The summed E-state index contributed by atoms with van der Waals surface area (Å²) >= 11 is 1.85. The number of aromatic nitrogens is 2. The van der Waals surface area contributed by atoms with Crippen LogP contribution in [0.4, 0.5) is 5.82 Å². The van der Waals surface area contributed by atoms with E-state index in [1.165, 1.54) is 35.1 Å². The van der Waals surface area contributed by atoms with Crippen LogP contribution in [0.2, 0.25) is 0 Å². The molecule has 0 bridgehead atoms. The number of anilines is 1. The number of thiophene rings is 1. The minimum absolute atomic E-state index is 0.511. The smallest absolute Gasteiger partial charge is 0.138 e. The Bertz CT molecular complexity index is 618. The van der Waals surface area contributed by atoms with E-state index in [0.29, 0.717) is 6.04 Å². The van der Waals surface area contributed by atoms with E-state index >= 15 is 0 Å². The summed E-state index contributed by atoms with van der Waals surface area (Å²) in [6.07, 6.45) is 5.37. The molecule has 1 aliphatic carbocycles. The normalized spacial score (nSPS) is 15.6. The van der Waals surface area contributed by atoms with Crippen molar-refractivity contribution in [2.45, 2.75) is 46.1 Å². The summed E-state index contributed by atoms with van der Waals surface area (Å²) in [7, 11) is 0. The standard InChI is InChI=1S/C16H24N4S/c1-4-20(5-2)11(3)9-17-15-14-12-7-6-8-13(12)21-16(14)19-10-18-15/h10-11H,4-9H2,1-3H3,(H,17,18,19)/t11-/m1/s1. The van der Waals surface area contributed by atoms with Crippen molar-refractivity contribution in [2.24, 2.45) is 0 Å². The van der Waals surface area contributed by atoms with Gasteiger partial charge >= 0.3 is 0 Å². The Morgan fingerprint density at radius 3 is 2.86 bits per heavy atom. The molecule has 0 aromatic carbocycles. The second-order valence-electron chi connectivity index (χ2n) is 5.71. The molecule has 1 aliphatic rings. The summed E-state index contributed by atoms with van der Waals surface area (Å²) in [5.41, 5.74) is 1.49. The minimum Gasteiger partial charge on any atom is -0.368 e. The van der Waals surface area contributed by atoms with Crippen molar-refractivity contribution in [1.29, 1.82) is 0 Å². The lowest BCUT2D eigenvalue weighted by atomic mass is 10.2. The number of nitrogens with one attached hydrogen (secondary N) is 1. The molecule has 3 rings (SSSR count). The van der Waals surface area contributed by atoms with E-state index in [1.807, 2.05) is 11.3 Å². The van der Waals surface area contributed by atoms with Crippen LogP contribution in [0.1, 0.15) is 37.6 Å². The van der Waals surface area contributed by atoms with E-state index < -0.39 is 0 Å². The van der Waals surface area contributed by atoms with Gasteiger partial charge in [0.1, 0.15) is 17.0 Å². The monoisotopic (exact) mass is 304 g/mol. The third kappa shape index (κ3) is 2.77. The Morgan fingerprint density at radius 2 is 2.10 bits per heavy atom. The van der Waals surface area contributed by atoms with Crippen molar-refractivity contribution in [2.75, 3.05) is 25.0 Å². The molecule has 4 nitrogen and oxygen atoms in total. The third-order valence-corrected chi connectivity index (χ3v) is 5.70. The Kier molecular flexibility index (Phi) is 4.40. The Hall–Kier alpha value is -1.20. The van der Waals surface area contributed by atoms with Gasteiger partial charge in [0.05, 0.1) is 5.39 Å². The number of fused-ring (bicyclic) bond motifs is 3. The van der Waals surface area contributed by atoms with Gasteiger partial charge in [0.25, 0.3) is 0 Å². The molecular weight excluding hydrogens is 280 g/mol. The summed E-state index contributed by atoms with van der Waals surface area (Å²) in [5.74, 6) is 1.03. The average molecular weight is 304 g/mol. The van der Waals surface area contributed by atoms with Crippen LogP contribution in [0.3, 0.4) is 0 Å². The predicted molar refractivity (Wildman–Crippen MR) is 90.3 cm³/mol. The maximum Gasteiger partial charge on any atom is 0.138 e. The van der Waals surface area contributed by atoms with Gasteiger partial charge in [-0.2, -0.15) is 0 Å². The summed E-state index contributed by atoms with van der Waals surface area (Å²) in [4.78, 5) is 14.1. The molecule has 21 heavy (non-hydrogen) atoms. The molecule has 2 aromatic heterocycles. The first kappa shape index (κ1) is 14.7. The first-order valence-corrected chi connectivity index (χ1v) is 8.79. The van der Waals surface area contributed by atoms with Gasteiger partial charge in [-0.05, 0) is 44.8 Å². The SMILES string of the molecule is CCN(CC)[C@H](C)CNc1ncnc2sc3c(c12)CCC3. The Morgan fingerprint density at radius 1 is 1.29 bits per heavy atom. The molecule has 114 valence electrons. The highest BCUT2D eigenvalue weighted by atomic mass is 32.1. The first-order chi connectivity index (χ1) is 10.2. The van der Waals surface area contributed by atoms with Crippen molar-refractivity contribution in [3.63, 3.8) is 0 Å². The van der Waals surface area contributed by atoms with Gasteiger partial charge < -0.3 is 5.32 Å². The molecule has 5 heteroatoms. The molecule has 0 radical (unpaired) electrons. The van der Waals surface area contributed by atoms with E-state index in [9.17, 15) is 0 Å². The maximum atomic E-state index is 4.51. The van der Waals surface area contributed by atoms with Crippen LogP contribution < -0.4 is 5.32 Å². The molecule has 0 saturated heterocycles. The van der Waals surface area contributed by atoms with Crippen LogP contribution in [0.15, 0.2) is 6.33 Å². The average Bonchev–Trinajstić information content (AvgIpc) is 3.06. The minimum atomic E-state index is 0.511. The van der Waals surface area contributed by atoms with Crippen molar-refractivity contribution in [3.8, 4) is 0 Å². The van der Waals surface area contributed by atoms with Crippen LogP contribution in [0.25, 0.3) is 10.2 Å². The number of rotatable bonds is 6. The predicted octanol–water partition coefficient (Wildman–Crippen LogP) is 3.32. The molecule has 1 atom stereocenters. The number of nitrogens with zero attached hydrogens (tertiary/aromatic N) is 3. The topological polar surface area (TPSA) is 41.0 Å². The zero-order valence-corrected chi connectivity index (χ0v) is 14.0. The van der Waals surface area contributed by atoms with Crippen molar-refractivity contribution >= 4 is 27.4 Å². The number of hydrogen-bond acceptors (Lipinski definition) is 5. The highest BCUT2D eigenvalue weighted by molar-refractivity contribution is 7.19. The van der Waals surface area contributed by atoms with Gasteiger partial charge in [-0.3, -0.25) is 4.90 Å². The largest absolute Gasteiger partial charge is 0.368 e. The highest BCUT2D eigenvalue weighted by Gasteiger charge is 2.21. The Labute approximate surface area is 130 Å². The number of hydrogen-bond donors (Lipinski definition) is 1. The molecular formula is C16H24N4S. The lowest BCUT2D eigenvalue weighted by Gasteiger charge is -2.26. The van der Waals surface area contributed by atoms with E-state index in [4.69, 9.17) is 0 Å². The molecule has 1 N–H and O–H groups in total. The zero-order valence-electron chi connectivity index (χ0n) is 13.1. The molecule has 2 heterocycles. The van der Waals surface area contributed by atoms with Gasteiger partial charge in [-0.1, -0.05) is 13.8 Å². The quantitative estimate of drug-likeness (QED) is 0.889. The molecule has 0 saturated carbocycles. The second-order valence-corrected chi connectivity index (χ2v) is 6.79. The van der Waals surface area contributed by atoms with Gasteiger partial charge in [0, 0.05) is 17.5 Å². The van der Waals surface area contributed by atoms with Crippen LogP contribution in [-0.2, 0) is 12.8 Å². The van der Waals surface area contributed by atoms with Crippen LogP contribution in [0, 0.1) is 0 Å². The first-order valence-electron chi connectivity index (χ1n) is 7.97. The fraction of sp³-hybridized carbons (Fsp3) is 0.625. The number of likely N-dealkylation sites (N-methyl/N-ethyl adjacent to an activating group) is 1. The molecule has 0 spiro atoms. The molecule has 0 fully saturated rings. The van der Waals surface area contributed by atoms with Crippen molar-refractivity contribution in [1.82, 2.24) is 14.9 Å². The van der Waals surface area contributed by atoms with E-state index in [1.54, 1.807) is 6.33 Å². The van der Waals surface area contributed by atoms with Crippen LogP contribution >= 0.6 is 11.3 Å². The lowest BCUT2D eigenvalue weighted by molar-refractivity contribution is 0.240. The molecule has 2 aromatic rings. The Balaban J connectivity index is 1.81. The number of aryl methyl sites for hydroxylation is 2. The summed E-state index contributed by atoms with van der Waals surface area (Å²) in [6.45, 7) is 9.82. The van der Waals surface area contributed by atoms with Crippen LogP contribution in [-0.4, -0.2) is 40.5 Å². The molecule has 0 aliphatic heterocycles. The molecule has 0 amide bonds. The van der Waals surface area contributed by atoms with E-state index in [2.05, 4.69) is 41.0 Å². The van der Waals surface area contributed by atoms with E-state index in [-0.39, 0.29) is 0 Å². The summed E-state index contributed by atoms with van der Waals surface area (Å²) in [5, 5.41) is 4.85. The summed E-state index contributed by atoms with van der Waals surface area (Å²) in [6, 6.07) is 0.511. The van der Waals surface area contributed by atoms with Gasteiger partial charge in [-0.15, -0.1) is 11.3 Å². The molecule has 0 unspecified atom stereocenters. The van der Waals surface area contributed by atoms with Gasteiger partial charge in [-0.25, -0.2) is 9.97 Å².